The van der Waals surface area contributed by atoms with Gasteiger partial charge in [0.2, 0.25) is 0 Å². The molecule has 1 saturated carbocycles. The predicted octanol–water partition coefficient (Wildman–Crippen LogP) is 4.49. The quantitative estimate of drug-likeness (QED) is 0.816. The molecule has 0 aromatic heterocycles. The highest BCUT2D eigenvalue weighted by Crippen LogP contribution is 2.35. The lowest BCUT2D eigenvalue weighted by molar-refractivity contribution is -0.0374. The van der Waals surface area contributed by atoms with Crippen LogP contribution in [0, 0.1) is 0 Å². The molecular formula is C21H22O4. The number of rotatable bonds is 5. The van der Waals surface area contributed by atoms with Crippen molar-refractivity contribution < 1.29 is 19.4 Å². The number of hydrogen-bond acceptors (Lipinski definition) is 3. The first-order chi connectivity index (χ1) is 12.1. The topological polar surface area (TPSA) is 63.6 Å². The Labute approximate surface area is 147 Å². The summed E-state index contributed by atoms with van der Waals surface area (Å²) in [5.74, 6) is -1.49. The zero-order valence-electron chi connectivity index (χ0n) is 14.1. The van der Waals surface area contributed by atoms with Crippen molar-refractivity contribution in [1.82, 2.24) is 0 Å². The molecule has 25 heavy (non-hydrogen) atoms. The molecule has 0 unspecified atom stereocenters. The summed E-state index contributed by atoms with van der Waals surface area (Å²) in [7, 11) is 0. The van der Waals surface area contributed by atoms with Crippen molar-refractivity contribution in [2.24, 2.45) is 0 Å². The van der Waals surface area contributed by atoms with Crippen LogP contribution >= 0.6 is 0 Å². The Morgan fingerprint density at radius 2 is 1.60 bits per heavy atom. The Morgan fingerprint density at radius 3 is 2.28 bits per heavy atom. The fourth-order valence-electron chi connectivity index (χ4n) is 3.51. The minimum Gasteiger partial charge on any atom is -0.478 e. The highest BCUT2D eigenvalue weighted by atomic mass is 16.6. The van der Waals surface area contributed by atoms with Gasteiger partial charge in [0.25, 0.3) is 0 Å². The average molecular weight is 338 g/mol. The van der Waals surface area contributed by atoms with Gasteiger partial charge in [0, 0.05) is 6.42 Å². The summed E-state index contributed by atoms with van der Waals surface area (Å²) < 4.78 is 5.97. The zero-order valence-corrected chi connectivity index (χ0v) is 14.1. The van der Waals surface area contributed by atoms with Crippen LogP contribution in [0.3, 0.4) is 0 Å². The minimum atomic E-state index is -1.05. The molecule has 0 atom stereocenters. The van der Waals surface area contributed by atoms with Gasteiger partial charge in [-0.1, -0.05) is 42.8 Å². The van der Waals surface area contributed by atoms with Gasteiger partial charge >= 0.3 is 11.9 Å². The second kappa shape index (κ2) is 7.51. The number of carbonyl (C=O) groups excluding carboxylic acids is 1. The van der Waals surface area contributed by atoms with E-state index in [-0.39, 0.29) is 11.1 Å². The number of carboxylic acid groups (broad SMARTS) is 1. The summed E-state index contributed by atoms with van der Waals surface area (Å²) in [5.41, 5.74) is 1.03. The standard InChI is InChI=1S/C21H22O4/c22-19(23)17-10-7-11-18(14-17)20(24)25-21(12-5-2-6-13-21)15-16-8-3-1-4-9-16/h1,3-4,7-11,14H,2,5-6,12-13,15H2,(H,22,23). The summed E-state index contributed by atoms with van der Waals surface area (Å²) in [5, 5.41) is 9.11. The molecule has 2 aromatic carbocycles. The summed E-state index contributed by atoms with van der Waals surface area (Å²) >= 11 is 0. The van der Waals surface area contributed by atoms with Crippen molar-refractivity contribution in [3.05, 3.63) is 71.3 Å². The van der Waals surface area contributed by atoms with E-state index in [1.165, 1.54) is 12.1 Å². The summed E-state index contributed by atoms with van der Waals surface area (Å²) in [4.78, 5) is 23.8. The van der Waals surface area contributed by atoms with Gasteiger partial charge in [0.05, 0.1) is 11.1 Å². The molecule has 2 aromatic rings. The molecule has 0 spiro atoms. The predicted molar refractivity (Wildman–Crippen MR) is 94.8 cm³/mol. The van der Waals surface area contributed by atoms with Crippen LogP contribution in [0.5, 0.6) is 0 Å². The Kier molecular flexibility index (Phi) is 5.17. The number of carboxylic acids is 1. The van der Waals surface area contributed by atoms with Crippen molar-refractivity contribution in [3.63, 3.8) is 0 Å². The maximum absolute atomic E-state index is 12.7. The molecule has 1 N–H and O–H groups in total. The van der Waals surface area contributed by atoms with Crippen LogP contribution in [0.15, 0.2) is 54.6 Å². The molecule has 3 rings (SSSR count). The van der Waals surface area contributed by atoms with Crippen LogP contribution in [0.1, 0.15) is 58.4 Å². The molecule has 0 radical (unpaired) electrons. The Bertz CT molecular complexity index is 746. The highest BCUT2D eigenvalue weighted by molar-refractivity contribution is 5.94. The van der Waals surface area contributed by atoms with Crippen LogP contribution < -0.4 is 0 Å². The SMILES string of the molecule is O=C(O)c1cccc(C(=O)OC2(Cc3ccccc3)CCCCC2)c1. The first-order valence-corrected chi connectivity index (χ1v) is 8.69. The third kappa shape index (κ3) is 4.27. The summed E-state index contributed by atoms with van der Waals surface area (Å²) in [6, 6.07) is 16.1. The van der Waals surface area contributed by atoms with Crippen molar-refractivity contribution in [1.29, 1.82) is 0 Å². The smallest absolute Gasteiger partial charge is 0.338 e. The molecule has 4 nitrogen and oxygen atoms in total. The van der Waals surface area contributed by atoms with Gasteiger partial charge < -0.3 is 9.84 Å². The third-order valence-electron chi connectivity index (χ3n) is 4.79. The zero-order chi connectivity index (χ0) is 17.7. The number of ether oxygens (including phenoxy) is 1. The van der Waals surface area contributed by atoms with Crippen molar-refractivity contribution in [2.75, 3.05) is 0 Å². The monoisotopic (exact) mass is 338 g/mol. The Hall–Kier alpha value is -2.62. The first-order valence-electron chi connectivity index (χ1n) is 8.69. The number of esters is 1. The van der Waals surface area contributed by atoms with Gasteiger partial charge in [-0.3, -0.25) is 0 Å². The van der Waals surface area contributed by atoms with E-state index in [1.807, 2.05) is 18.2 Å². The molecule has 130 valence electrons. The number of aromatic carboxylic acids is 1. The molecule has 0 bridgehead atoms. The van der Waals surface area contributed by atoms with E-state index >= 15 is 0 Å². The van der Waals surface area contributed by atoms with Crippen LogP contribution in [-0.2, 0) is 11.2 Å². The van der Waals surface area contributed by atoms with Gasteiger partial charge in [0.15, 0.2) is 0 Å². The highest BCUT2D eigenvalue weighted by Gasteiger charge is 2.36. The summed E-state index contributed by atoms with van der Waals surface area (Å²) in [6.07, 6.45) is 5.60. The molecule has 0 saturated heterocycles. The Morgan fingerprint density at radius 1 is 0.920 bits per heavy atom. The van der Waals surface area contributed by atoms with E-state index in [1.54, 1.807) is 12.1 Å². The van der Waals surface area contributed by atoms with Crippen LogP contribution in [0.25, 0.3) is 0 Å². The molecule has 1 fully saturated rings. The van der Waals surface area contributed by atoms with Crippen LogP contribution in [-0.4, -0.2) is 22.6 Å². The first kappa shape index (κ1) is 17.2. The molecule has 1 aliphatic rings. The Balaban J connectivity index is 1.81. The van der Waals surface area contributed by atoms with Crippen molar-refractivity contribution >= 4 is 11.9 Å². The van der Waals surface area contributed by atoms with Gasteiger partial charge in [-0.25, -0.2) is 9.59 Å². The number of carbonyl (C=O) groups is 2. The molecular weight excluding hydrogens is 316 g/mol. The van der Waals surface area contributed by atoms with E-state index in [0.717, 1.165) is 37.7 Å². The molecule has 0 aliphatic heterocycles. The van der Waals surface area contributed by atoms with E-state index in [9.17, 15) is 9.59 Å². The van der Waals surface area contributed by atoms with Crippen molar-refractivity contribution in [2.45, 2.75) is 44.1 Å². The maximum atomic E-state index is 12.7. The lowest BCUT2D eigenvalue weighted by atomic mass is 9.80. The summed E-state index contributed by atoms with van der Waals surface area (Å²) in [6.45, 7) is 0. The normalized spacial score (nSPS) is 16.2. The van der Waals surface area contributed by atoms with E-state index < -0.39 is 17.5 Å². The molecule has 0 heterocycles. The second-order valence-electron chi connectivity index (χ2n) is 6.68. The maximum Gasteiger partial charge on any atom is 0.338 e. The number of benzene rings is 2. The van der Waals surface area contributed by atoms with E-state index in [4.69, 9.17) is 9.84 Å². The van der Waals surface area contributed by atoms with Crippen molar-refractivity contribution in [3.8, 4) is 0 Å². The fourth-order valence-corrected chi connectivity index (χ4v) is 3.51. The van der Waals surface area contributed by atoms with Gasteiger partial charge in [-0.2, -0.15) is 0 Å². The molecule has 1 aliphatic carbocycles. The van der Waals surface area contributed by atoms with E-state index in [0.29, 0.717) is 6.42 Å². The van der Waals surface area contributed by atoms with Gasteiger partial charge in [0.1, 0.15) is 5.60 Å². The number of hydrogen-bond donors (Lipinski definition) is 1. The fraction of sp³-hybridized carbons (Fsp3) is 0.333. The van der Waals surface area contributed by atoms with Crippen LogP contribution in [0.4, 0.5) is 0 Å². The second-order valence-corrected chi connectivity index (χ2v) is 6.68. The van der Waals surface area contributed by atoms with Crippen LogP contribution in [0.2, 0.25) is 0 Å². The van der Waals surface area contributed by atoms with E-state index in [2.05, 4.69) is 12.1 Å². The average Bonchev–Trinajstić information content (AvgIpc) is 2.63. The lowest BCUT2D eigenvalue weighted by Crippen LogP contribution is -2.39. The minimum absolute atomic E-state index is 0.0928. The van der Waals surface area contributed by atoms with Gasteiger partial charge in [-0.05, 0) is 49.4 Å². The largest absolute Gasteiger partial charge is 0.478 e. The third-order valence-corrected chi connectivity index (χ3v) is 4.79. The lowest BCUT2D eigenvalue weighted by Gasteiger charge is -2.37. The molecule has 4 heteroatoms. The molecule has 0 amide bonds. The van der Waals surface area contributed by atoms with Gasteiger partial charge in [-0.15, -0.1) is 0 Å².